The van der Waals surface area contributed by atoms with Crippen LogP contribution in [0.15, 0.2) is 73.1 Å². The molecule has 4 nitrogen and oxygen atoms in total. The lowest BCUT2D eigenvalue weighted by Gasteiger charge is -2.24. The zero-order valence-electron chi connectivity index (χ0n) is 23.4. The Kier molecular flexibility index (Phi) is 24.9. The fraction of sp³-hybridized carbons (Fsp3) is 0.484. The molecule has 1 aliphatic heterocycles. The molecule has 9 heteroatoms. The molecule has 1 aliphatic rings. The molecule has 3 aromatic rings. The standard InChI is InChI=1S/C31H42N4.5ClH/c1-2-4-6-8-14-24-34(25-15-9-7-5-3-1)26-28-18-20-29(21-19-28)27-35(30-16-10-12-22-32-30)31-17-11-13-23-33-31;;;;;/h10-13,16-23H,1-9,14-15,24-27H2;5*1H. The highest BCUT2D eigenvalue weighted by Gasteiger charge is 2.13. The van der Waals surface area contributed by atoms with Crippen molar-refractivity contribution in [2.75, 3.05) is 18.0 Å². The maximum atomic E-state index is 4.58. The number of pyridine rings is 2. The van der Waals surface area contributed by atoms with E-state index in [2.05, 4.69) is 44.0 Å². The fourth-order valence-corrected chi connectivity index (χ4v) is 5.03. The molecular formula is C31H47Cl5N4. The second kappa shape index (κ2) is 24.3. The molecule has 0 spiro atoms. The lowest BCUT2D eigenvalue weighted by Crippen LogP contribution is -2.26. The van der Waals surface area contributed by atoms with Gasteiger partial charge >= 0.3 is 0 Å². The van der Waals surface area contributed by atoms with Crippen LogP contribution in [0.25, 0.3) is 0 Å². The Morgan fingerprint density at radius 2 is 0.900 bits per heavy atom. The summed E-state index contributed by atoms with van der Waals surface area (Å²) >= 11 is 0. The van der Waals surface area contributed by atoms with E-state index >= 15 is 0 Å². The Morgan fingerprint density at radius 1 is 0.500 bits per heavy atom. The lowest BCUT2D eigenvalue weighted by atomic mass is 10.0. The van der Waals surface area contributed by atoms with Gasteiger partial charge in [-0.15, -0.1) is 62.0 Å². The highest BCUT2D eigenvalue weighted by atomic mass is 35.5. The molecule has 0 amide bonds. The van der Waals surface area contributed by atoms with Crippen LogP contribution >= 0.6 is 62.0 Å². The molecule has 3 heterocycles. The summed E-state index contributed by atoms with van der Waals surface area (Å²) in [7, 11) is 0. The SMILES string of the molecule is Cl.Cl.Cl.Cl.Cl.c1ccc(N(Cc2ccc(CN3CCCCCCCCCCCCC3)cc2)c2ccccn2)nc1. The van der Waals surface area contributed by atoms with E-state index in [0.717, 1.165) is 24.7 Å². The predicted octanol–water partition coefficient (Wildman–Crippen LogP) is 10.0. The van der Waals surface area contributed by atoms with E-state index in [1.54, 1.807) is 0 Å². The first-order chi connectivity index (χ1) is 17.4. The Balaban J connectivity index is 0. The van der Waals surface area contributed by atoms with Crippen molar-refractivity contribution in [2.45, 2.75) is 83.7 Å². The molecule has 0 unspecified atom stereocenters. The molecule has 0 atom stereocenters. The largest absolute Gasteiger partial charge is 0.307 e. The van der Waals surface area contributed by atoms with E-state index in [1.807, 2.05) is 48.8 Å². The second-order valence-electron chi connectivity index (χ2n) is 9.94. The molecule has 1 saturated heterocycles. The smallest absolute Gasteiger partial charge is 0.134 e. The molecule has 0 saturated carbocycles. The number of hydrogen-bond acceptors (Lipinski definition) is 4. The highest BCUT2D eigenvalue weighted by Crippen LogP contribution is 2.24. The van der Waals surface area contributed by atoms with Gasteiger partial charge in [-0.05, 0) is 61.3 Å². The van der Waals surface area contributed by atoms with Gasteiger partial charge in [0.15, 0.2) is 0 Å². The van der Waals surface area contributed by atoms with Gasteiger partial charge in [0.1, 0.15) is 11.6 Å². The molecule has 0 N–H and O–H groups in total. The van der Waals surface area contributed by atoms with Gasteiger partial charge in [-0.3, -0.25) is 4.90 Å². The van der Waals surface area contributed by atoms with Crippen molar-refractivity contribution >= 4 is 73.7 Å². The maximum absolute atomic E-state index is 4.58. The summed E-state index contributed by atoms with van der Waals surface area (Å²) in [4.78, 5) is 14.0. The Bertz CT molecular complexity index is 911. The Morgan fingerprint density at radius 3 is 1.30 bits per heavy atom. The quantitative estimate of drug-likeness (QED) is 0.265. The molecule has 40 heavy (non-hydrogen) atoms. The zero-order valence-corrected chi connectivity index (χ0v) is 27.4. The summed E-state index contributed by atoms with van der Waals surface area (Å²) in [5.41, 5.74) is 2.68. The molecule has 1 aromatic carbocycles. The van der Waals surface area contributed by atoms with Crippen molar-refractivity contribution < 1.29 is 0 Å². The Hall–Kier alpha value is -1.27. The molecule has 0 radical (unpaired) electrons. The first-order valence-electron chi connectivity index (χ1n) is 13.8. The van der Waals surface area contributed by atoms with Crippen LogP contribution in [0.1, 0.15) is 81.8 Å². The van der Waals surface area contributed by atoms with E-state index in [4.69, 9.17) is 0 Å². The second-order valence-corrected chi connectivity index (χ2v) is 9.94. The molecular weight excluding hydrogens is 606 g/mol. The maximum Gasteiger partial charge on any atom is 0.134 e. The summed E-state index contributed by atoms with van der Waals surface area (Å²) < 4.78 is 0. The van der Waals surface area contributed by atoms with Gasteiger partial charge < -0.3 is 4.90 Å². The molecule has 226 valence electrons. The Labute approximate surface area is 273 Å². The van der Waals surface area contributed by atoms with Crippen molar-refractivity contribution in [3.63, 3.8) is 0 Å². The first-order valence-corrected chi connectivity index (χ1v) is 13.8. The number of nitrogens with zero attached hydrogens (tertiary/aromatic N) is 4. The van der Waals surface area contributed by atoms with Gasteiger partial charge in [0.25, 0.3) is 0 Å². The number of halogens is 5. The predicted molar refractivity (Wildman–Crippen MR) is 183 cm³/mol. The van der Waals surface area contributed by atoms with E-state index in [1.165, 1.54) is 94.8 Å². The van der Waals surface area contributed by atoms with Gasteiger partial charge in [0, 0.05) is 18.9 Å². The van der Waals surface area contributed by atoms with E-state index in [9.17, 15) is 0 Å². The van der Waals surface area contributed by atoms with Gasteiger partial charge in [-0.2, -0.15) is 0 Å². The zero-order chi connectivity index (χ0) is 24.0. The number of benzene rings is 1. The summed E-state index contributed by atoms with van der Waals surface area (Å²) in [5.74, 6) is 1.84. The van der Waals surface area contributed by atoms with Crippen LogP contribution in [-0.2, 0) is 13.1 Å². The van der Waals surface area contributed by atoms with Crippen LogP contribution in [-0.4, -0.2) is 28.0 Å². The molecule has 2 aromatic heterocycles. The average molecular weight is 653 g/mol. The minimum atomic E-state index is 0. The third-order valence-corrected chi connectivity index (χ3v) is 7.07. The summed E-state index contributed by atoms with van der Waals surface area (Å²) in [5, 5.41) is 0. The monoisotopic (exact) mass is 650 g/mol. The number of aromatic nitrogens is 2. The van der Waals surface area contributed by atoms with Gasteiger partial charge in [0.05, 0.1) is 6.54 Å². The fourth-order valence-electron chi connectivity index (χ4n) is 5.03. The highest BCUT2D eigenvalue weighted by molar-refractivity contribution is 5.86. The van der Waals surface area contributed by atoms with E-state index < -0.39 is 0 Å². The minimum absolute atomic E-state index is 0. The minimum Gasteiger partial charge on any atom is -0.307 e. The van der Waals surface area contributed by atoms with Crippen LogP contribution in [0.2, 0.25) is 0 Å². The topological polar surface area (TPSA) is 32.3 Å². The first kappa shape index (κ1) is 40.9. The van der Waals surface area contributed by atoms with Gasteiger partial charge in [-0.25, -0.2) is 9.97 Å². The molecule has 4 rings (SSSR count). The summed E-state index contributed by atoms with van der Waals surface area (Å²) in [6.45, 7) is 4.27. The van der Waals surface area contributed by atoms with Gasteiger partial charge in [-0.1, -0.05) is 94.2 Å². The lowest BCUT2D eigenvalue weighted by molar-refractivity contribution is 0.251. The van der Waals surface area contributed by atoms with Crippen molar-refractivity contribution in [1.82, 2.24) is 14.9 Å². The van der Waals surface area contributed by atoms with Crippen molar-refractivity contribution in [2.24, 2.45) is 0 Å². The molecule has 0 aliphatic carbocycles. The van der Waals surface area contributed by atoms with Crippen molar-refractivity contribution in [3.8, 4) is 0 Å². The van der Waals surface area contributed by atoms with Gasteiger partial charge in [0.2, 0.25) is 0 Å². The summed E-state index contributed by atoms with van der Waals surface area (Å²) in [6.07, 6.45) is 19.1. The average Bonchev–Trinajstić information content (AvgIpc) is 2.91. The third kappa shape index (κ3) is 14.6. The van der Waals surface area contributed by atoms with Crippen LogP contribution < -0.4 is 4.90 Å². The summed E-state index contributed by atoms with van der Waals surface area (Å²) in [6, 6.07) is 21.2. The molecule has 1 fully saturated rings. The van der Waals surface area contributed by atoms with Crippen LogP contribution in [0, 0.1) is 0 Å². The van der Waals surface area contributed by atoms with Crippen molar-refractivity contribution in [3.05, 3.63) is 84.2 Å². The van der Waals surface area contributed by atoms with E-state index in [0.29, 0.717) is 0 Å². The van der Waals surface area contributed by atoms with Crippen LogP contribution in [0.4, 0.5) is 11.6 Å². The van der Waals surface area contributed by atoms with Crippen LogP contribution in [0.3, 0.4) is 0 Å². The van der Waals surface area contributed by atoms with Crippen molar-refractivity contribution in [1.29, 1.82) is 0 Å². The van der Waals surface area contributed by atoms with Crippen LogP contribution in [0.5, 0.6) is 0 Å². The number of rotatable bonds is 6. The molecule has 0 bridgehead atoms. The third-order valence-electron chi connectivity index (χ3n) is 7.07. The number of anilines is 2. The number of hydrogen-bond donors (Lipinski definition) is 0. The normalized spacial score (nSPS) is 14.8. The van der Waals surface area contributed by atoms with E-state index in [-0.39, 0.29) is 62.0 Å².